The van der Waals surface area contributed by atoms with Crippen molar-refractivity contribution in [2.45, 2.75) is 26.8 Å². The molecule has 2 heterocycles. The topological polar surface area (TPSA) is 58.4 Å². The maximum Gasteiger partial charge on any atom is 0.259 e. The quantitative estimate of drug-likeness (QED) is 0.822. The van der Waals surface area contributed by atoms with Crippen molar-refractivity contribution in [2.24, 2.45) is 0 Å². The third kappa shape index (κ3) is 2.79. The Balaban J connectivity index is 0.00000144. The average Bonchev–Trinajstić information content (AvgIpc) is 2.58. The molecule has 1 fully saturated rings. The number of aromatic nitrogens is 1. The summed E-state index contributed by atoms with van der Waals surface area (Å²) in [5.74, 6) is 0.637. The lowest BCUT2D eigenvalue weighted by Crippen LogP contribution is -2.51. The number of hydrogen-bond acceptors (Lipinski definition) is 4. The van der Waals surface area contributed by atoms with Crippen LogP contribution in [-0.2, 0) is 0 Å². The van der Waals surface area contributed by atoms with Crippen LogP contribution < -0.4 is 5.32 Å². The van der Waals surface area contributed by atoms with Gasteiger partial charge in [0.25, 0.3) is 5.91 Å². The molecule has 1 aromatic rings. The molecule has 0 spiro atoms. The summed E-state index contributed by atoms with van der Waals surface area (Å²) in [6.45, 7) is 7.98. The van der Waals surface area contributed by atoms with Gasteiger partial charge in [0.15, 0.2) is 0 Å². The summed E-state index contributed by atoms with van der Waals surface area (Å²) in [5.41, 5.74) is 1.29. The van der Waals surface area contributed by atoms with Gasteiger partial charge < -0.3 is 14.7 Å². The monoisotopic (exact) mass is 259 g/mol. The molecule has 0 aromatic carbocycles. The van der Waals surface area contributed by atoms with E-state index in [1.807, 2.05) is 4.90 Å². The number of amides is 1. The summed E-state index contributed by atoms with van der Waals surface area (Å²) in [4.78, 5) is 14.1. The molecule has 1 saturated heterocycles. The second-order valence-electron chi connectivity index (χ2n) is 4.31. The minimum atomic E-state index is 0. The van der Waals surface area contributed by atoms with Crippen molar-refractivity contribution in [3.05, 3.63) is 17.0 Å². The third-order valence-electron chi connectivity index (χ3n) is 2.90. The zero-order valence-electron chi connectivity index (χ0n) is 10.3. The van der Waals surface area contributed by atoms with Crippen LogP contribution in [0, 0.1) is 13.8 Å². The highest BCUT2D eigenvalue weighted by atomic mass is 35.5. The Kier molecular flexibility index (Phi) is 4.54. The largest absolute Gasteiger partial charge is 0.361 e. The Bertz CT molecular complexity index is 386. The molecule has 0 bridgehead atoms. The minimum absolute atomic E-state index is 0. The van der Waals surface area contributed by atoms with Gasteiger partial charge in [-0.2, -0.15) is 0 Å². The van der Waals surface area contributed by atoms with Crippen molar-refractivity contribution in [3.63, 3.8) is 0 Å². The summed E-state index contributed by atoms with van der Waals surface area (Å²) in [6, 6.07) is 0.346. The smallest absolute Gasteiger partial charge is 0.259 e. The molecule has 1 atom stereocenters. The first kappa shape index (κ1) is 14.0. The summed E-state index contributed by atoms with van der Waals surface area (Å²) >= 11 is 0. The molecule has 1 aliphatic rings. The first-order valence-electron chi connectivity index (χ1n) is 5.55. The van der Waals surface area contributed by atoms with Gasteiger partial charge in [-0.3, -0.25) is 4.79 Å². The SMILES string of the molecule is Cc1noc(C)c1C(=O)N1CCN[C@H](C)C1.Cl. The number of carbonyl (C=O) groups is 1. The molecule has 0 unspecified atom stereocenters. The zero-order valence-corrected chi connectivity index (χ0v) is 11.1. The second-order valence-corrected chi connectivity index (χ2v) is 4.31. The lowest BCUT2D eigenvalue weighted by Gasteiger charge is -2.31. The first-order valence-corrected chi connectivity index (χ1v) is 5.55. The van der Waals surface area contributed by atoms with E-state index in [4.69, 9.17) is 4.52 Å². The van der Waals surface area contributed by atoms with Gasteiger partial charge >= 0.3 is 0 Å². The Morgan fingerprint density at radius 2 is 2.24 bits per heavy atom. The number of nitrogens with zero attached hydrogens (tertiary/aromatic N) is 2. The molecular formula is C11H18ClN3O2. The highest BCUT2D eigenvalue weighted by Crippen LogP contribution is 2.15. The fourth-order valence-corrected chi connectivity index (χ4v) is 2.06. The van der Waals surface area contributed by atoms with E-state index in [0.717, 1.165) is 19.6 Å². The molecule has 6 heteroatoms. The van der Waals surface area contributed by atoms with Gasteiger partial charge in [0.05, 0.1) is 5.69 Å². The molecular weight excluding hydrogens is 242 g/mol. The van der Waals surface area contributed by atoms with Crippen molar-refractivity contribution in [1.82, 2.24) is 15.4 Å². The normalized spacial score (nSPS) is 19.9. The molecule has 1 aliphatic heterocycles. The predicted molar refractivity (Wildman–Crippen MR) is 66.6 cm³/mol. The van der Waals surface area contributed by atoms with Gasteiger partial charge in [0, 0.05) is 25.7 Å². The van der Waals surface area contributed by atoms with E-state index < -0.39 is 0 Å². The van der Waals surface area contributed by atoms with E-state index in [1.54, 1.807) is 13.8 Å². The van der Waals surface area contributed by atoms with Gasteiger partial charge in [-0.1, -0.05) is 5.16 Å². The number of nitrogens with one attached hydrogen (secondary N) is 1. The molecule has 2 rings (SSSR count). The van der Waals surface area contributed by atoms with E-state index in [-0.39, 0.29) is 18.3 Å². The fraction of sp³-hybridized carbons (Fsp3) is 0.636. The summed E-state index contributed by atoms with van der Waals surface area (Å²) < 4.78 is 5.02. The zero-order chi connectivity index (χ0) is 11.7. The Labute approximate surface area is 107 Å². The summed E-state index contributed by atoms with van der Waals surface area (Å²) in [6.07, 6.45) is 0. The van der Waals surface area contributed by atoms with Crippen LogP contribution in [0.25, 0.3) is 0 Å². The van der Waals surface area contributed by atoms with Gasteiger partial charge in [0.2, 0.25) is 0 Å². The number of aryl methyl sites for hydroxylation is 2. The van der Waals surface area contributed by atoms with Crippen LogP contribution in [0.15, 0.2) is 4.52 Å². The Morgan fingerprint density at radius 1 is 1.53 bits per heavy atom. The molecule has 0 saturated carbocycles. The highest BCUT2D eigenvalue weighted by Gasteiger charge is 2.26. The van der Waals surface area contributed by atoms with Crippen LogP contribution in [0.5, 0.6) is 0 Å². The molecule has 0 aliphatic carbocycles. The lowest BCUT2D eigenvalue weighted by atomic mass is 10.1. The van der Waals surface area contributed by atoms with Crippen molar-refractivity contribution in [2.75, 3.05) is 19.6 Å². The van der Waals surface area contributed by atoms with E-state index in [0.29, 0.717) is 23.1 Å². The van der Waals surface area contributed by atoms with Crippen molar-refractivity contribution in [3.8, 4) is 0 Å². The van der Waals surface area contributed by atoms with Crippen LogP contribution in [-0.4, -0.2) is 41.6 Å². The second kappa shape index (κ2) is 5.51. The molecule has 0 radical (unpaired) electrons. The average molecular weight is 260 g/mol. The fourth-order valence-electron chi connectivity index (χ4n) is 2.06. The number of carbonyl (C=O) groups excluding carboxylic acids is 1. The highest BCUT2D eigenvalue weighted by molar-refractivity contribution is 5.96. The summed E-state index contributed by atoms with van der Waals surface area (Å²) in [7, 11) is 0. The van der Waals surface area contributed by atoms with Crippen molar-refractivity contribution in [1.29, 1.82) is 0 Å². The van der Waals surface area contributed by atoms with Gasteiger partial charge in [-0.15, -0.1) is 12.4 Å². The molecule has 5 nitrogen and oxygen atoms in total. The van der Waals surface area contributed by atoms with E-state index in [9.17, 15) is 4.79 Å². The van der Waals surface area contributed by atoms with E-state index >= 15 is 0 Å². The van der Waals surface area contributed by atoms with Gasteiger partial charge in [-0.05, 0) is 20.8 Å². The first-order chi connectivity index (χ1) is 7.59. The molecule has 96 valence electrons. The number of piperazine rings is 1. The molecule has 17 heavy (non-hydrogen) atoms. The summed E-state index contributed by atoms with van der Waals surface area (Å²) in [5, 5.41) is 7.12. The number of hydrogen-bond donors (Lipinski definition) is 1. The van der Waals surface area contributed by atoms with Crippen LogP contribution in [0.3, 0.4) is 0 Å². The molecule has 1 aromatic heterocycles. The van der Waals surface area contributed by atoms with Crippen molar-refractivity contribution < 1.29 is 9.32 Å². The van der Waals surface area contributed by atoms with Crippen LogP contribution in [0.4, 0.5) is 0 Å². The standard InChI is InChI=1S/C11H17N3O2.ClH/c1-7-6-14(5-4-12-7)11(15)10-8(2)13-16-9(10)3;/h7,12H,4-6H2,1-3H3;1H/t7-;/m1./s1. The maximum absolute atomic E-state index is 12.2. The van der Waals surface area contributed by atoms with E-state index in [1.165, 1.54) is 0 Å². The predicted octanol–water partition coefficient (Wildman–Crippen LogP) is 1.15. The van der Waals surface area contributed by atoms with Gasteiger partial charge in [0.1, 0.15) is 11.3 Å². The van der Waals surface area contributed by atoms with Crippen LogP contribution >= 0.6 is 12.4 Å². The lowest BCUT2D eigenvalue weighted by molar-refractivity contribution is 0.0706. The minimum Gasteiger partial charge on any atom is -0.361 e. The van der Waals surface area contributed by atoms with E-state index in [2.05, 4.69) is 17.4 Å². The Hall–Kier alpha value is -1.07. The van der Waals surface area contributed by atoms with Crippen molar-refractivity contribution >= 4 is 18.3 Å². The number of halogens is 1. The number of rotatable bonds is 1. The Morgan fingerprint density at radius 3 is 2.76 bits per heavy atom. The maximum atomic E-state index is 12.2. The molecule has 1 amide bonds. The molecule has 1 N–H and O–H groups in total. The van der Waals surface area contributed by atoms with Crippen LogP contribution in [0.1, 0.15) is 28.7 Å². The van der Waals surface area contributed by atoms with Crippen LogP contribution in [0.2, 0.25) is 0 Å². The third-order valence-corrected chi connectivity index (χ3v) is 2.90. The van der Waals surface area contributed by atoms with Gasteiger partial charge in [-0.25, -0.2) is 0 Å².